The van der Waals surface area contributed by atoms with Crippen LogP contribution < -0.4 is 5.32 Å². The Morgan fingerprint density at radius 1 is 1.35 bits per heavy atom. The van der Waals surface area contributed by atoms with E-state index in [1.54, 1.807) is 23.7 Å². The molecule has 0 fully saturated rings. The normalized spacial score (nSPS) is 17.0. The second-order valence-electron chi connectivity index (χ2n) is 6.50. The molecule has 1 N–H and O–H groups in total. The number of carbonyl (C=O) groups is 1. The number of nitrogens with zero attached hydrogens (tertiary/aromatic N) is 4. The van der Waals surface area contributed by atoms with Gasteiger partial charge in [-0.2, -0.15) is 11.3 Å². The van der Waals surface area contributed by atoms with Gasteiger partial charge in [0.2, 0.25) is 0 Å². The van der Waals surface area contributed by atoms with Gasteiger partial charge in [-0.05, 0) is 40.9 Å². The van der Waals surface area contributed by atoms with Crippen LogP contribution in [-0.2, 0) is 19.6 Å². The highest BCUT2D eigenvalue weighted by Crippen LogP contribution is 2.26. The summed E-state index contributed by atoms with van der Waals surface area (Å²) in [5.74, 6) is 0.811. The lowest BCUT2D eigenvalue weighted by Crippen LogP contribution is -2.36. The monoisotopic (exact) mass is 367 g/mol. The lowest BCUT2D eigenvalue weighted by molar-refractivity contribution is 0.0946. The molecule has 3 aromatic rings. The summed E-state index contributed by atoms with van der Waals surface area (Å²) >= 11 is 1.72. The molecule has 0 radical (unpaired) electrons. The summed E-state index contributed by atoms with van der Waals surface area (Å²) in [7, 11) is 0. The summed E-state index contributed by atoms with van der Waals surface area (Å²) < 4.78 is 2.10. The van der Waals surface area contributed by atoms with Gasteiger partial charge in [0.25, 0.3) is 5.91 Å². The fourth-order valence-electron chi connectivity index (χ4n) is 3.25. The molecule has 0 saturated heterocycles. The zero-order valence-corrected chi connectivity index (χ0v) is 15.4. The Balaban J connectivity index is 1.43. The third kappa shape index (κ3) is 3.54. The maximum Gasteiger partial charge on any atom is 0.271 e. The largest absolute Gasteiger partial charge is 0.347 e. The van der Waals surface area contributed by atoms with Crippen molar-refractivity contribution in [2.45, 2.75) is 32.6 Å². The molecule has 1 unspecified atom stereocenters. The van der Waals surface area contributed by atoms with Crippen LogP contribution in [0.15, 0.2) is 47.5 Å². The van der Waals surface area contributed by atoms with Gasteiger partial charge in [0.1, 0.15) is 11.5 Å². The van der Waals surface area contributed by atoms with E-state index in [0.29, 0.717) is 12.2 Å². The number of aromatic nitrogens is 3. The van der Waals surface area contributed by atoms with E-state index in [4.69, 9.17) is 0 Å². The molecule has 134 valence electrons. The van der Waals surface area contributed by atoms with Gasteiger partial charge in [-0.1, -0.05) is 6.07 Å². The van der Waals surface area contributed by atoms with E-state index in [2.05, 4.69) is 48.5 Å². The molecule has 1 amide bonds. The van der Waals surface area contributed by atoms with E-state index in [0.717, 1.165) is 31.0 Å². The molecule has 7 heteroatoms. The lowest BCUT2D eigenvalue weighted by atomic mass is 10.2. The zero-order chi connectivity index (χ0) is 17.9. The summed E-state index contributed by atoms with van der Waals surface area (Å²) in [6, 6.07) is 6.15. The molecule has 0 bridgehead atoms. The lowest BCUT2D eigenvalue weighted by Gasteiger charge is -2.33. The highest BCUT2D eigenvalue weighted by molar-refractivity contribution is 7.07. The van der Waals surface area contributed by atoms with Crippen LogP contribution in [-0.4, -0.2) is 31.9 Å². The molecule has 0 saturated carbocycles. The van der Waals surface area contributed by atoms with Crippen molar-refractivity contribution in [1.82, 2.24) is 24.8 Å². The first-order valence-corrected chi connectivity index (χ1v) is 9.64. The van der Waals surface area contributed by atoms with Crippen molar-refractivity contribution in [3.63, 3.8) is 0 Å². The molecule has 1 aliphatic heterocycles. The van der Waals surface area contributed by atoms with Gasteiger partial charge < -0.3 is 9.88 Å². The highest BCUT2D eigenvalue weighted by Gasteiger charge is 2.27. The molecular weight excluding hydrogens is 346 g/mol. The van der Waals surface area contributed by atoms with Crippen molar-refractivity contribution in [3.8, 4) is 0 Å². The third-order valence-corrected chi connectivity index (χ3v) is 5.46. The van der Waals surface area contributed by atoms with Crippen LogP contribution in [0.4, 0.5) is 0 Å². The van der Waals surface area contributed by atoms with Gasteiger partial charge in [-0.25, -0.2) is 4.98 Å². The molecular formula is C19H21N5OS. The predicted octanol–water partition coefficient (Wildman–Crippen LogP) is 2.85. The number of nitrogens with one attached hydrogen (secondary N) is 1. The molecule has 1 aliphatic rings. The van der Waals surface area contributed by atoms with Gasteiger partial charge in [-0.15, -0.1) is 0 Å². The third-order valence-electron chi connectivity index (χ3n) is 4.73. The summed E-state index contributed by atoms with van der Waals surface area (Å²) in [4.78, 5) is 23.5. The molecule has 26 heavy (non-hydrogen) atoms. The molecule has 0 aromatic carbocycles. The summed E-state index contributed by atoms with van der Waals surface area (Å²) in [5, 5.41) is 7.21. The first-order chi connectivity index (χ1) is 12.7. The molecule has 6 nitrogen and oxygen atoms in total. The minimum absolute atomic E-state index is 0.146. The predicted molar refractivity (Wildman–Crippen MR) is 101 cm³/mol. The first-order valence-electron chi connectivity index (χ1n) is 8.70. The highest BCUT2D eigenvalue weighted by atomic mass is 32.1. The van der Waals surface area contributed by atoms with Crippen molar-refractivity contribution < 1.29 is 4.79 Å². The number of hydrogen-bond acceptors (Lipinski definition) is 5. The Kier molecular flexibility index (Phi) is 4.81. The van der Waals surface area contributed by atoms with Crippen LogP contribution >= 0.6 is 11.3 Å². The number of amides is 1. The fourth-order valence-corrected chi connectivity index (χ4v) is 3.91. The Bertz CT molecular complexity index is 875. The minimum atomic E-state index is -0.146. The number of rotatable bonds is 5. The van der Waals surface area contributed by atoms with Crippen molar-refractivity contribution in [1.29, 1.82) is 0 Å². The van der Waals surface area contributed by atoms with Gasteiger partial charge in [0.05, 0.1) is 6.04 Å². The van der Waals surface area contributed by atoms with Crippen LogP contribution in [0.2, 0.25) is 0 Å². The van der Waals surface area contributed by atoms with Crippen LogP contribution in [0.3, 0.4) is 0 Å². The number of pyridine rings is 1. The summed E-state index contributed by atoms with van der Waals surface area (Å²) in [6.45, 7) is 5.33. The van der Waals surface area contributed by atoms with Gasteiger partial charge in [-0.3, -0.25) is 14.7 Å². The van der Waals surface area contributed by atoms with E-state index in [-0.39, 0.29) is 11.9 Å². The first kappa shape index (κ1) is 16.9. The number of hydrogen-bond donors (Lipinski definition) is 1. The second-order valence-corrected chi connectivity index (χ2v) is 7.28. The summed E-state index contributed by atoms with van der Waals surface area (Å²) in [5.41, 5.74) is 2.78. The Morgan fingerprint density at radius 2 is 2.27 bits per heavy atom. The van der Waals surface area contributed by atoms with Crippen molar-refractivity contribution in [3.05, 3.63) is 70.2 Å². The van der Waals surface area contributed by atoms with E-state index < -0.39 is 0 Å². The SMILES string of the molecule is CC1c2nc(C(=O)NCc3cccnc3)cn2CCN1Cc1ccsc1. The Hall–Kier alpha value is -2.51. The van der Waals surface area contributed by atoms with E-state index in [1.165, 1.54) is 5.56 Å². The van der Waals surface area contributed by atoms with Gasteiger partial charge in [0.15, 0.2) is 0 Å². The molecule has 0 spiro atoms. The van der Waals surface area contributed by atoms with Crippen LogP contribution in [0.1, 0.15) is 40.4 Å². The van der Waals surface area contributed by atoms with E-state index >= 15 is 0 Å². The quantitative estimate of drug-likeness (QED) is 0.753. The summed E-state index contributed by atoms with van der Waals surface area (Å²) in [6.07, 6.45) is 5.34. The molecule has 4 rings (SSSR count). The molecule has 1 atom stereocenters. The average Bonchev–Trinajstić information content (AvgIpc) is 3.33. The smallest absolute Gasteiger partial charge is 0.271 e. The Morgan fingerprint density at radius 3 is 3.04 bits per heavy atom. The Labute approximate surface area is 156 Å². The van der Waals surface area contributed by atoms with Crippen molar-refractivity contribution in [2.24, 2.45) is 0 Å². The topological polar surface area (TPSA) is 63.1 Å². The number of carbonyl (C=O) groups excluding carboxylic acids is 1. The number of thiophene rings is 1. The molecule has 4 heterocycles. The van der Waals surface area contributed by atoms with E-state index in [1.807, 2.05) is 18.3 Å². The standard InChI is InChI=1S/C19H21N5OS/c1-14-18-22-17(19(25)21-10-15-3-2-5-20-9-15)12-24(18)7-6-23(14)11-16-4-8-26-13-16/h2-5,8-9,12-14H,6-7,10-11H2,1H3,(H,21,25). The van der Waals surface area contributed by atoms with E-state index in [9.17, 15) is 4.79 Å². The van der Waals surface area contributed by atoms with Crippen molar-refractivity contribution in [2.75, 3.05) is 6.54 Å². The van der Waals surface area contributed by atoms with Crippen molar-refractivity contribution >= 4 is 17.2 Å². The molecule has 0 aliphatic carbocycles. The van der Waals surface area contributed by atoms with Crippen LogP contribution in [0.5, 0.6) is 0 Å². The maximum atomic E-state index is 12.5. The number of imidazole rings is 1. The van der Waals surface area contributed by atoms with Crippen LogP contribution in [0.25, 0.3) is 0 Å². The average molecular weight is 367 g/mol. The minimum Gasteiger partial charge on any atom is -0.347 e. The van der Waals surface area contributed by atoms with Gasteiger partial charge >= 0.3 is 0 Å². The van der Waals surface area contributed by atoms with Gasteiger partial charge in [0, 0.05) is 44.8 Å². The second kappa shape index (κ2) is 7.39. The number of fused-ring (bicyclic) bond motifs is 1. The fraction of sp³-hybridized carbons (Fsp3) is 0.316. The molecule has 3 aromatic heterocycles. The maximum absolute atomic E-state index is 12.5. The van der Waals surface area contributed by atoms with Crippen LogP contribution in [0, 0.1) is 0 Å². The zero-order valence-electron chi connectivity index (χ0n) is 14.6.